The highest BCUT2D eigenvalue weighted by molar-refractivity contribution is 5.74. The first-order valence-electron chi connectivity index (χ1n) is 12.1. The topological polar surface area (TPSA) is 21.7 Å². The number of benzene rings is 2. The highest BCUT2D eigenvalue weighted by Crippen LogP contribution is 2.35. The fourth-order valence-corrected chi connectivity index (χ4v) is 4.27. The molecule has 0 aliphatic carbocycles. The van der Waals surface area contributed by atoms with Gasteiger partial charge in [0.05, 0.1) is 13.2 Å². The summed E-state index contributed by atoms with van der Waals surface area (Å²) in [4.78, 5) is 4.26. The van der Waals surface area contributed by atoms with Crippen LogP contribution in [-0.2, 0) is 7.05 Å². The van der Waals surface area contributed by atoms with Crippen LogP contribution in [-0.4, -0.2) is 9.55 Å². The number of aryl methyl sites for hydroxylation is 2. The van der Waals surface area contributed by atoms with E-state index in [1.54, 1.807) is 12.3 Å². The van der Waals surface area contributed by atoms with Crippen molar-refractivity contribution >= 4 is 11.0 Å². The van der Waals surface area contributed by atoms with Crippen LogP contribution in [0.2, 0.25) is 0 Å². The summed E-state index contributed by atoms with van der Waals surface area (Å²) >= 11 is 0. The summed E-state index contributed by atoms with van der Waals surface area (Å²) in [6, 6.07) is 16.8. The molecule has 0 bridgehead atoms. The number of nitrogens with zero attached hydrogens (tertiary/aromatic N) is 3. The standard InChI is InChI=1S/C27H32N3/c1-17(2)23-14-22(21-11-9-8-10-12-21)15-24(18(3)4)27(23)30-20(6)29(7)26-16-28-19(5)13-25(26)30/h8-18H,1-7H3/q+1/i5D3. The number of fused-ring (bicyclic) bond motifs is 1. The second-order valence-corrected chi connectivity index (χ2v) is 8.68. The summed E-state index contributed by atoms with van der Waals surface area (Å²) in [5, 5.41) is 0. The molecule has 0 aliphatic rings. The van der Waals surface area contributed by atoms with Gasteiger partial charge in [0.1, 0.15) is 5.69 Å². The lowest BCUT2D eigenvalue weighted by Crippen LogP contribution is -2.37. The van der Waals surface area contributed by atoms with Crippen LogP contribution in [0.3, 0.4) is 0 Å². The average Bonchev–Trinajstić information content (AvgIpc) is 3.02. The molecule has 0 unspecified atom stereocenters. The van der Waals surface area contributed by atoms with E-state index in [0.29, 0.717) is 0 Å². The van der Waals surface area contributed by atoms with Gasteiger partial charge in [-0.2, -0.15) is 4.57 Å². The minimum Gasteiger partial charge on any atom is -0.257 e. The van der Waals surface area contributed by atoms with E-state index in [9.17, 15) is 0 Å². The molecule has 3 nitrogen and oxygen atoms in total. The molecule has 0 saturated heterocycles. The van der Waals surface area contributed by atoms with E-state index in [1.165, 1.54) is 22.3 Å². The van der Waals surface area contributed by atoms with Crippen molar-refractivity contribution in [3.05, 3.63) is 77.4 Å². The van der Waals surface area contributed by atoms with Gasteiger partial charge in [0.25, 0.3) is 5.82 Å². The Kier molecular flexibility index (Phi) is 4.32. The van der Waals surface area contributed by atoms with Gasteiger partial charge in [-0.05, 0) is 41.9 Å². The highest BCUT2D eigenvalue weighted by Gasteiger charge is 2.28. The van der Waals surface area contributed by atoms with Crippen LogP contribution in [0.4, 0.5) is 0 Å². The van der Waals surface area contributed by atoms with E-state index in [-0.39, 0.29) is 17.5 Å². The first kappa shape index (κ1) is 16.8. The van der Waals surface area contributed by atoms with Crippen molar-refractivity contribution in [3.8, 4) is 16.8 Å². The van der Waals surface area contributed by atoms with Gasteiger partial charge in [0, 0.05) is 33.9 Å². The van der Waals surface area contributed by atoms with Crippen molar-refractivity contribution in [3.63, 3.8) is 0 Å². The molecule has 0 fully saturated rings. The molecule has 3 heteroatoms. The summed E-state index contributed by atoms with van der Waals surface area (Å²) in [6.45, 7) is 8.69. The Morgan fingerprint density at radius 3 is 2.13 bits per heavy atom. The van der Waals surface area contributed by atoms with Crippen molar-refractivity contribution in [1.82, 2.24) is 9.55 Å². The molecule has 154 valence electrons. The highest BCUT2D eigenvalue weighted by atomic mass is 15.2. The van der Waals surface area contributed by atoms with E-state index in [2.05, 4.69) is 85.1 Å². The molecular formula is C27H32N3+. The van der Waals surface area contributed by atoms with Crippen molar-refractivity contribution in [2.24, 2.45) is 7.05 Å². The van der Waals surface area contributed by atoms with Crippen LogP contribution >= 0.6 is 0 Å². The van der Waals surface area contributed by atoms with E-state index in [4.69, 9.17) is 4.11 Å². The number of imidazole rings is 1. The molecule has 0 radical (unpaired) electrons. The predicted octanol–water partition coefficient (Wildman–Crippen LogP) is 6.38. The average molecular weight is 402 g/mol. The zero-order valence-electron chi connectivity index (χ0n) is 21.7. The quantitative estimate of drug-likeness (QED) is 0.364. The van der Waals surface area contributed by atoms with Crippen molar-refractivity contribution < 1.29 is 8.68 Å². The molecule has 2 heterocycles. The molecule has 0 aliphatic heterocycles. The minimum absolute atomic E-state index is 0.118. The Labute approximate surface area is 184 Å². The lowest BCUT2D eigenvalue weighted by molar-refractivity contribution is -0.577. The number of hydrogen-bond acceptors (Lipinski definition) is 1. The number of pyridine rings is 1. The number of rotatable bonds is 4. The molecule has 4 rings (SSSR count). The van der Waals surface area contributed by atoms with Crippen LogP contribution in [0.5, 0.6) is 0 Å². The Bertz CT molecular complexity index is 1290. The van der Waals surface area contributed by atoms with Crippen LogP contribution in [0.15, 0.2) is 54.7 Å². The monoisotopic (exact) mass is 401 g/mol. The molecule has 0 spiro atoms. The van der Waals surface area contributed by atoms with Crippen molar-refractivity contribution in [2.45, 2.75) is 53.3 Å². The van der Waals surface area contributed by atoms with Gasteiger partial charge in [-0.15, -0.1) is 0 Å². The Balaban J connectivity index is 2.11. The van der Waals surface area contributed by atoms with Gasteiger partial charge in [-0.25, -0.2) is 4.57 Å². The fourth-order valence-electron chi connectivity index (χ4n) is 4.27. The van der Waals surface area contributed by atoms with E-state index >= 15 is 0 Å². The predicted molar refractivity (Wildman–Crippen MR) is 125 cm³/mol. The summed E-state index contributed by atoms with van der Waals surface area (Å²) in [7, 11) is 2.01. The smallest absolute Gasteiger partial charge is 0.257 e. The van der Waals surface area contributed by atoms with Crippen molar-refractivity contribution in [2.75, 3.05) is 0 Å². The third kappa shape index (κ3) is 3.32. The molecule has 30 heavy (non-hydrogen) atoms. The molecule has 4 aromatic rings. The van der Waals surface area contributed by atoms with Gasteiger partial charge >= 0.3 is 0 Å². The first-order valence-corrected chi connectivity index (χ1v) is 10.6. The number of hydrogen-bond donors (Lipinski definition) is 0. The second kappa shape index (κ2) is 7.71. The van der Waals surface area contributed by atoms with E-state index < -0.39 is 6.85 Å². The van der Waals surface area contributed by atoms with Crippen LogP contribution < -0.4 is 4.57 Å². The maximum absolute atomic E-state index is 7.88. The third-order valence-corrected chi connectivity index (χ3v) is 6.02. The lowest BCUT2D eigenvalue weighted by Gasteiger charge is -2.20. The summed E-state index contributed by atoms with van der Waals surface area (Å²) in [5.41, 5.74) is 7.93. The summed E-state index contributed by atoms with van der Waals surface area (Å²) in [6.07, 6.45) is 1.68. The maximum atomic E-state index is 7.88. The zero-order chi connectivity index (χ0) is 24.1. The molecular weight excluding hydrogens is 366 g/mol. The van der Waals surface area contributed by atoms with E-state index in [0.717, 1.165) is 22.5 Å². The maximum Gasteiger partial charge on any atom is 0.259 e. The molecule has 0 N–H and O–H groups in total. The second-order valence-electron chi connectivity index (χ2n) is 8.68. The van der Waals surface area contributed by atoms with Crippen LogP contribution in [0.25, 0.3) is 27.8 Å². The van der Waals surface area contributed by atoms with E-state index in [1.807, 2.05) is 13.1 Å². The van der Waals surface area contributed by atoms with Crippen molar-refractivity contribution in [1.29, 1.82) is 0 Å². The Hall–Kier alpha value is -2.94. The zero-order valence-corrected chi connectivity index (χ0v) is 18.7. The van der Waals surface area contributed by atoms with Gasteiger partial charge in [-0.3, -0.25) is 4.98 Å². The molecule has 0 atom stereocenters. The first-order chi connectivity index (χ1) is 15.5. The SMILES string of the molecule is [2H]C([2H])([2H])c1cc2c(cn1)n(C)c(C)[n+]2-c1c(C(C)C)cc(-c2ccccc2)cc1C(C)C. The van der Waals surface area contributed by atoms with Crippen LogP contribution in [0, 0.1) is 13.8 Å². The fraction of sp³-hybridized carbons (Fsp3) is 0.333. The molecule has 0 saturated carbocycles. The largest absolute Gasteiger partial charge is 0.259 e. The third-order valence-electron chi connectivity index (χ3n) is 6.02. The normalized spacial score (nSPS) is 13.7. The molecule has 0 amide bonds. The van der Waals surface area contributed by atoms with Crippen LogP contribution in [0.1, 0.15) is 66.3 Å². The summed E-state index contributed by atoms with van der Waals surface area (Å²) < 4.78 is 28.0. The number of aromatic nitrogens is 3. The van der Waals surface area contributed by atoms with Gasteiger partial charge in [0.15, 0.2) is 11.0 Å². The van der Waals surface area contributed by atoms with Gasteiger partial charge in [0.2, 0.25) is 0 Å². The molecule has 2 aromatic carbocycles. The minimum atomic E-state index is -2.26. The van der Waals surface area contributed by atoms with Gasteiger partial charge in [-0.1, -0.05) is 58.0 Å². The Morgan fingerprint density at radius 2 is 1.57 bits per heavy atom. The summed E-state index contributed by atoms with van der Waals surface area (Å²) in [5.74, 6) is 1.60. The Morgan fingerprint density at radius 1 is 0.933 bits per heavy atom. The lowest BCUT2D eigenvalue weighted by atomic mass is 9.88. The van der Waals surface area contributed by atoms with Gasteiger partial charge < -0.3 is 0 Å². The molecule has 2 aromatic heterocycles.